The molecule has 1 fully saturated rings. The van der Waals surface area contributed by atoms with Crippen LogP contribution in [0.5, 0.6) is 0 Å². The molecule has 2 rings (SSSR count). The Labute approximate surface area is 125 Å². The lowest BCUT2D eigenvalue weighted by atomic mass is 10.1. The van der Waals surface area contributed by atoms with Crippen LogP contribution in [0.25, 0.3) is 0 Å². The van der Waals surface area contributed by atoms with E-state index in [-0.39, 0.29) is 24.4 Å². The summed E-state index contributed by atoms with van der Waals surface area (Å²) in [5.74, 6) is -0.451. The summed E-state index contributed by atoms with van der Waals surface area (Å²) in [5, 5.41) is 2.72. The lowest BCUT2D eigenvalue weighted by molar-refractivity contribution is -0.117. The molecule has 0 radical (unpaired) electrons. The molecule has 4 nitrogen and oxygen atoms in total. The van der Waals surface area contributed by atoms with Crippen LogP contribution in [0.4, 0.5) is 10.1 Å². The molecule has 21 heavy (non-hydrogen) atoms. The summed E-state index contributed by atoms with van der Waals surface area (Å²) in [6.07, 6.45) is 3.58. The third-order valence-corrected chi connectivity index (χ3v) is 3.66. The van der Waals surface area contributed by atoms with Crippen LogP contribution in [0.3, 0.4) is 0 Å². The first kappa shape index (κ1) is 15.9. The van der Waals surface area contributed by atoms with Crippen molar-refractivity contribution >= 4 is 11.6 Å². The molecule has 0 aliphatic carbocycles. The van der Waals surface area contributed by atoms with Crippen molar-refractivity contribution in [2.45, 2.75) is 32.3 Å². The molecule has 116 valence electrons. The fraction of sp³-hybridized carbons (Fsp3) is 0.562. The average molecular weight is 294 g/mol. The molecule has 0 saturated carbocycles. The number of anilines is 1. The van der Waals surface area contributed by atoms with E-state index in [1.807, 2.05) is 11.9 Å². The van der Waals surface area contributed by atoms with Crippen molar-refractivity contribution in [2.75, 3.05) is 32.1 Å². The number of halogens is 1. The van der Waals surface area contributed by atoms with Gasteiger partial charge < -0.3 is 10.1 Å². The van der Waals surface area contributed by atoms with Crippen molar-refractivity contribution in [1.29, 1.82) is 0 Å². The standard InChI is InChI=1S/C16H23FN2O2/c1-12-6-7-13(9-15(12)17)18-16(20)11-19(2)10-14-5-3-4-8-21-14/h6-7,9,14H,3-5,8,10-11H2,1-2H3,(H,18,20)/t14-/m1/s1. The Balaban J connectivity index is 1.78. The normalized spacial score (nSPS) is 18.8. The van der Waals surface area contributed by atoms with Crippen LogP contribution in [0.1, 0.15) is 24.8 Å². The molecule has 0 bridgehead atoms. The minimum Gasteiger partial charge on any atom is -0.377 e. The Kier molecular flexibility index (Phi) is 5.70. The number of nitrogens with one attached hydrogen (secondary N) is 1. The number of carbonyl (C=O) groups excluding carboxylic acids is 1. The molecule has 0 unspecified atom stereocenters. The Morgan fingerprint density at radius 3 is 2.95 bits per heavy atom. The third kappa shape index (κ3) is 5.10. The summed E-state index contributed by atoms with van der Waals surface area (Å²) >= 11 is 0. The first-order valence-electron chi connectivity index (χ1n) is 7.41. The molecular formula is C16H23FN2O2. The zero-order valence-electron chi connectivity index (χ0n) is 12.7. The Bertz CT molecular complexity index is 487. The maximum Gasteiger partial charge on any atom is 0.238 e. The molecule has 1 saturated heterocycles. The van der Waals surface area contributed by atoms with E-state index < -0.39 is 0 Å². The maximum atomic E-state index is 13.4. The van der Waals surface area contributed by atoms with Gasteiger partial charge in [-0.3, -0.25) is 9.69 Å². The second-order valence-electron chi connectivity index (χ2n) is 5.70. The number of ether oxygens (including phenoxy) is 1. The Hall–Kier alpha value is -1.46. The molecular weight excluding hydrogens is 271 g/mol. The van der Waals surface area contributed by atoms with E-state index in [2.05, 4.69) is 5.32 Å². The SMILES string of the molecule is Cc1ccc(NC(=O)CN(C)C[C@H]2CCCCO2)cc1F. The maximum absolute atomic E-state index is 13.4. The zero-order chi connectivity index (χ0) is 15.2. The van der Waals surface area contributed by atoms with Gasteiger partial charge in [0.05, 0.1) is 12.6 Å². The second kappa shape index (κ2) is 7.52. The number of benzene rings is 1. The number of nitrogens with zero attached hydrogens (tertiary/aromatic N) is 1. The van der Waals surface area contributed by atoms with Crippen molar-refractivity contribution in [3.63, 3.8) is 0 Å². The van der Waals surface area contributed by atoms with Gasteiger partial charge in [-0.2, -0.15) is 0 Å². The summed E-state index contributed by atoms with van der Waals surface area (Å²) in [7, 11) is 1.90. The van der Waals surface area contributed by atoms with Gasteiger partial charge in [0.2, 0.25) is 5.91 Å². The fourth-order valence-electron chi connectivity index (χ4n) is 2.48. The number of hydrogen-bond acceptors (Lipinski definition) is 3. The van der Waals surface area contributed by atoms with Gasteiger partial charge in [0, 0.05) is 18.8 Å². The molecule has 1 aliphatic rings. The smallest absolute Gasteiger partial charge is 0.238 e. The molecule has 1 aromatic rings. The Morgan fingerprint density at radius 1 is 1.48 bits per heavy atom. The van der Waals surface area contributed by atoms with E-state index in [1.165, 1.54) is 12.5 Å². The Morgan fingerprint density at radius 2 is 2.29 bits per heavy atom. The van der Waals surface area contributed by atoms with Gasteiger partial charge in [0.25, 0.3) is 0 Å². The summed E-state index contributed by atoms with van der Waals surface area (Å²) in [5.41, 5.74) is 1.06. The number of rotatable bonds is 5. The highest BCUT2D eigenvalue weighted by atomic mass is 19.1. The van der Waals surface area contributed by atoms with Crippen molar-refractivity contribution in [1.82, 2.24) is 4.90 Å². The van der Waals surface area contributed by atoms with E-state index in [0.29, 0.717) is 11.3 Å². The first-order chi connectivity index (χ1) is 10.0. The highest BCUT2D eigenvalue weighted by Gasteiger charge is 2.17. The monoisotopic (exact) mass is 294 g/mol. The largest absolute Gasteiger partial charge is 0.377 e. The summed E-state index contributed by atoms with van der Waals surface area (Å²) in [4.78, 5) is 13.9. The van der Waals surface area contributed by atoms with Crippen LogP contribution in [0.15, 0.2) is 18.2 Å². The van der Waals surface area contributed by atoms with E-state index >= 15 is 0 Å². The highest BCUT2D eigenvalue weighted by Crippen LogP contribution is 2.15. The fourth-order valence-corrected chi connectivity index (χ4v) is 2.48. The molecule has 1 N–H and O–H groups in total. The first-order valence-corrected chi connectivity index (χ1v) is 7.41. The van der Waals surface area contributed by atoms with Gasteiger partial charge in [0.15, 0.2) is 0 Å². The summed E-state index contributed by atoms with van der Waals surface area (Å²) < 4.78 is 19.1. The molecule has 0 spiro atoms. The molecule has 5 heteroatoms. The van der Waals surface area contributed by atoms with Crippen LogP contribution in [0.2, 0.25) is 0 Å². The minimum absolute atomic E-state index is 0.142. The van der Waals surface area contributed by atoms with Crippen molar-refractivity contribution in [3.8, 4) is 0 Å². The zero-order valence-corrected chi connectivity index (χ0v) is 12.7. The van der Waals surface area contributed by atoms with E-state index in [1.54, 1.807) is 19.1 Å². The van der Waals surface area contributed by atoms with Gasteiger partial charge in [-0.05, 0) is 50.9 Å². The summed E-state index contributed by atoms with van der Waals surface area (Å²) in [6, 6.07) is 4.71. The molecule has 1 amide bonds. The van der Waals surface area contributed by atoms with Gasteiger partial charge in [0.1, 0.15) is 5.82 Å². The van der Waals surface area contributed by atoms with E-state index in [4.69, 9.17) is 4.74 Å². The lowest BCUT2D eigenvalue weighted by Gasteiger charge is -2.27. The lowest BCUT2D eigenvalue weighted by Crippen LogP contribution is -2.37. The van der Waals surface area contributed by atoms with Gasteiger partial charge in [-0.15, -0.1) is 0 Å². The minimum atomic E-state index is -0.309. The van der Waals surface area contributed by atoms with Crippen LogP contribution < -0.4 is 5.32 Å². The predicted molar refractivity (Wildman–Crippen MR) is 80.9 cm³/mol. The highest BCUT2D eigenvalue weighted by molar-refractivity contribution is 5.92. The van der Waals surface area contributed by atoms with E-state index in [9.17, 15) is 9.18 Å². The number of carbonyl (C=O) groups is 1. The molecule has 0 aromatic heterocycles. The quantitative estimate of drug-likeness (QED) is 0.907. The number of aryl methyl sites for hydroxylation is 1. The average Bonchev–Trinajstić information content (AvgIpc) is 2.43. The van der Waals surface area contributed by atoms with Crippen LogP contribution >= 0.6 is 0 Å². The number of likely N-dealkylation sites (N-methyl/N-ethyl adjacent to an activating group) is 1. The van der Waals surface area contributed by atoms with Gasteiger partial charge >= 0.3 is 0 Å². The van der Waals surface area contributed by atoms with Crippen LogP contribution in [-0.4, -0.2) is 43.7 Å². The van der Waals surface area contributed by atoms with Crippen molar-refractivity contribution < 1.29 is 13.9 Å². The molecule has 1 atom stereocenters. The topological polar surface area (TPSA) is 41.6 Å². The predicted octanol–water partition coefficient (Wildman–Crippen LogP) is 2.57. The summed E-state index contributed by atoms with van der Waals surface area (Å²) in [6.45, 7) is 3.53. The van der Waals surface area contributed by atoms with Crippen molar-refractivity contribution in [3.05, 3.63) is 29.6 Å². The molecule has 1 aromatic carbocycles. The van der Waals surface area contributed by atoms with Crippen molar-refractivity contribution in [2.24, 2.45) is 0 Å². The molecule has 1 heterocycles. The van der Waals surface area contributed by atoms with Crippen LogP contribution in [-0.2, 0) is 9.53 Å². The van der Waals surface area contributed by atoms with Crippen LogP contribution in [0, 0.1) is 12.7 Å². The van der Waals surface area contributed by atoms with E-state index in [0.717, 1.165) is 26.0 Å². The molecule has 1 aliphatic heterocycles. The number of amides is 1. The number of hydrogen-bond donors (Lipinski definition) is 1. The van der Waals surface area contributed by atoms with Gasteiger partial charge in [-0.1, -0.05) is 6.07 Å². The third-order valence-electron chi connectivity index (χ3n) is 3.66. The van der Waals surface area contributed by atoms with Gasteiger partial charge in [-0.25, -0.2) is 4.39 Å². The second-order valence-corrected chi connectivity index (χ2v) is 5.70.